The van der Waals surface area contributed by atoms with Crippen LogP contribution in [-0.4, -0.2) is 38.5 Å². The molecule has 0 aliphatic carbocycles. The smallest absolute Gasteiger partial charge is 0.270 e. The van der Waals surface area contributed by atoms with Gasteiger partial charge >= 0.3 is 0 Å². The number of nitro benzene ring substituents is 1. The molecule has 1 aliphatic heterocycles. The van der Waals surface area contributed by atoms with Gasteiger partial charge in [0.15, 0.2) is 5.17 Å². The van der Waals surface area contributed by atoms with E-state index in [1.165, 1.54) is 41.4 Å². The molecule has 1 fully saturated rings. The molecule has 10 nitrogen and oxygen atoms in total. The number of anilines is 2. The van der Waals surface area contributed by atoms with Gasteiger partial charge in [0.1, 0.15) is 11.0 Å². The van der Waals surface area contributed by atoms with Crippen LogP contribution in [0.4, 0.5) is 17.1 Å². The molecule has 2 amide bonds. The summed E-state index contributed by atoms with van der Waals surface area (Å²) in [6, 6.07) is 18.9. The maximum atomic E-state index is 13.2. The minimum absolute atomic E-state index is 0.0330. The third-order valence-corrected chi connectivity index (χ3v) is 6.63. The molecule has 1 saturated heterocycles. The lowest BCUT2D eigenvalue weighted by atomic mass is 10.2. The van der Waals surface area contributed by atoms with Crippen LogP contribution in [0.3, 0.4) is 0 Å². The van der Waals surface area contributed by atoms with Gasteiger partial charge in [0.2, 0.25) is 11.8 Å². The van der Waals surface area contributed by atoms with Crippen LogP contribution in [-0.2, 0) is 9.59 Å². The van der Waals surface area contributed by atoms with Crippen molar-refractivity contribution in [2.24, 2.45) is 10.2 Å². The van der Waals surface area contributed by atoms with E-state index >= 15 is 0 Å². The van der Waals surface area contributed by atoms with Crippen molar-refractivity contribution in [3.8, 4) is 5.75 Å². The van der Waals surface area contributed by atoms with Gasteiger partial charge in [0.05, 0.1) is 16.8 Å². The Hall–Kier alpha value is -4.03. The summed E-state index contributed by atoms with van der Waals surface area (Å²) in [7, 11) is 0. The van der Waals surface area contributed by atoms with Gasteiger partial charge in [0.25, 0.3) is 5.69 Å². The second kappa shape index (κ2) is 11.1. The van der Waals surface area contributed by atoms with Crippen LogP contribution in [0.15, 0.2) is 87.5 Å². The number of nitrogens with zero attached hydrogens (tertiary/aromatic N) is 4. The Morgan fingerprint density at radius 2 is 1.89 bits per heavy atom. The minimum atomic E-state index is -0.749. The van der Waals surface area contributed by atoms with Crippen LogP contribution < -0.4 is 10.2 Å². The normalized spacial score (nSPS) is 16.6. The van der Waals surface area contributed by atoms with Crippen molar-refractivity contribution in [3.63, 3.8) is 0 Å². The average Bonchev–Trinajstić information content (AvgIpc) is 3.16. The fraction of sp³-hybridized carbons (Fsp3) is 0.0833. The van der Waals surface area contributed by atoms with E-state index in [0.29, 0.717) is 16.9 Å². The number of nitro groups is 1. The third-order valence-electron chi connectivity index (χ3n) is 4.97. The van der Waals surface area contributed by atoms with E-state index in [9.17, 15) is 24.8 Å². The molecule has 0 radical (unpaired) electrons. The molecule has 2 N–H and O–H groups in total. The minimum Gasteiger partial charge on any atom is -0.508 e. The monoisotopic (exact) mass is 567 g/mol. The zero-order valence-corrected chi connectivity index (χ0v) is 20.8. The number of hydrogen-bond donors (Lipinski definition) is 2. The highest BCUT2D eigenvalue weighted by Gasteiger charge is 2.40. The highest BCUT2D eigenvalue weighted by molar-refractivity contribution is 9.10. The Labute approximate surface area is 218 Å². The maximum Gasteiger partial charge on any atom is 0.270 e. The number of phenols is 1. The zero-order valence-electron chi connectivity index (χ0n) is 18.4. The molecule has 0 bridgehead atoms. The van der Waals surface area contributed by atoms with Gasteiger partial charge in [-0.3, -0.25) is 24.6 Å². The molecule has 0 aromatic heterocycles. The van der Waals surface area contributed by atoms with Gasteiger partial charge in [-0.25, -0.2) is 0 Å². The Kier molecular flexibility index (Phi) is 7.76. The van der Waals surface area contributed by atoms with Crippen LogP contribution in [0.2, 0.25) is 0 Å². The van der Waals surface area contributed by atoms with Gasteiger partial charge < -0.3 is 10.4 Å². The molecule has 182 valence electrons. The number of carbonyl (C=O) groups excluding carboxylic acids is 2. The number of nitrogens with one attached hydrogen (secondary N) is 1. The predicted octanol–water partition coefficient (Wildman–Crippen LogP) is 4.93. The maximum absolute atomic E-state index is 13.2. The molecule has 1 aliphatic rings. The van der Waals surface area contributed by atoms with Crippen LogP contribution in [0, 0.1) is 10.1 Å². The number of rotatable bonds is 7. The number of thioether (sulfide) groups is 1. The Bertz CT molecular complexity index is 1360. The highest BCUT2D eigenvalue weighted by atomic mass is 79.9. The topological polar surface area (TPSA) is 138 Å². The summed E-state index contributed by atoms with van der Waals surface area (Å²) in [5.41, 5.74) is 1.43. The lowest BCUT2D eigenvalue weighted by Crippen LogP contribution is -2.33. The molecule has 0 spiro atoms. The molecule has 3 aromatic carbocycles. The van der Waals surface area contributed by atoms with Gasteiger partial charge in [-0.1, -0.05) is 39.8 Å². The van der Waals surface area contributed by atoms with E-state index in [1.807, 2.05) is 0 Å². The average molecular weight is 568 g/mol. The summed E-state index contributed by atoms with van der Waals surface area (Å²) in [6.07, 6.45) is 1.25. The Morgan fingerprint density at radius 3 is 2.58 bits per heavy atom. The fourth-order valence-corrected chi connectivity index (χ4v) is 4.64. The molecular formula is C24H18BrN5O5S. The summed E-state index contributed by atoms with van der Waals surface area (Å²) in [5.74, 6) is -0.665. The summed E-state index contributed by atoms with van der Waals surface area (Å²) < 4.78 is 0.873. The Morgan fingerprint density at radius 1 is 1.17 bits per heavy atom. The lowest BCUT2D eigenvalue weighted by molar-refractivity contribution is -0.384. The number of amidine groups is 1. The number of carbonyl (C=O) groups is 2. The summed E-state index contributed by atoms with van der Waals surface area (Å²) >= 11 is 4.42. The number of halogens is 1. The largest absolute Gasteiger partial charge is 0.508 e. The molecule has 1 atom stereocenters. The molecule has 1 heterocycles. The van der Waals surface area contributed by atoms with Crippen LogP contribution >= 0.6 is 27.7 Å². The number of hydrogen-bond acceptors (Lipinski definition) is 8. The van der Waals surface area contributed by atoms with Crippen molar-refractivity contribution in [2.75, 3.05) is 10.2 Å². The molecule has 1 unspecified atom stereocenters. The quantitative estimate of drug-likeness (QED) is 0.236. The van der Waals surface area contributed by atoms with E-state index in [-0.39, 0.29) is 34.8 Å². The number of aromatic hydroxyl groups is 1. The van der Waals surface area contributed by atoms with Crippen LogP contribution in [0.25, 0.3) is 0 Å². The van der Waals surface area contributed by atoms with Crippen LogP contribution in [0.1, 0.15) is 12.0 Å². The Balaban J connectivity index is 1.55. The number of benzene rings is 3. The van der Waals surface area contributed by atoms with E-state index in [1.54, 1.807) is 42.5 Å². The first-order valence-electron chi connectivity index (χ1n) is 10.5. The molecule has 12 heteroatoms. The van der Waals surface area contributed by atoms with Crippen molar-refractivity contribution < 1.29 is 19.6 Å². The highest BCUT2D eigenvalue weighted by Crippen LogP contribution is 2.34. The molecule has 3 aromatic rings. The first-order chi connectivity index (χ1) is 17.3. The van der Waals surface area contributed by atoms with Gasteiger partial charge in [-0.05, 0) is 48.5 Å². The van der Waals surface area contributed by atoms with E-state index in [2.05, 4.69) is 31.4 Å². The summed E-state index contributed by atoms with van der Waals surface area (Å²) in [6.45, 7) is 0. The third kappa shape index (κ3) is 6.15. The van der Waals surface area contributed by atoms with Gasteiger partial charge in [-0.2, -0.15) is 5.10 Å². The standard InChI is InChI=1S/C24H18BrN5O5S/c25-16-4-6-17(7-5-16)27-22(32)13-21-23(33)29(18-8-10-20(31)11-9-18)24(36-21)28-26-14-15-2-1-3-19(12-15)30(34)35/h1-12,14,21,31H,13H2,(H,27,32)/b26-14+,28-24+. The zero-order chi connectivity index (χ0) is 25.7. The fourth-order valence-electron chi connectivity index (χ4n) is 3.28. The number of phenolic OH excluding ortho intramolecular Hbond substituents is 1. The summed E-state index contributed by atoms with van der Waals surface area (Å²) in [5, 5.41) is 31.0. The SMILES string of the molecule is O=C(CC1S/C(=N/N=C/c2cccc([N+](=O)[O-])c2)N(c2ccc(O)cc2)C1=O)Nc1ccc(Br)cc1. The second-order valence-corrected chi connectivity index (χ2v) is 9.62. The number of amides is 2. The van der Waals surface area contributed by atoms with Crippen molar-refractivity contribution in [3.05, 3.63) is 92.9 Å². The van der Waals surface area contributed by atoms with E-state index in [0.717, 1.165) is 16.2 Å². The first-order valence-corrected chi connectivity index (χ1v) is 12.2. The molecular weight excluding hydrogens is 550 g/mol. The van der Waals surface area contributed by atoms with E-state index in [4.69, 9.17) is 0 Å². The molecule has 0 saturated carbocycles. The molecule has 36 heavy (non-hydrogen) atoms. The van der Waals surface area contributed by atoms with Crippen molar-refractivity contribution >= 4 is 68.0 Å². The van der Waals surface area contributed by atoms with Crippen molar-refractivity contribution in [2.45, 2.75) is 11.7 Å². The molecule has 4 rings (SSSR count). The first kappa shape index (κ1) is 25.1. The lowest BCUT2D eigenvalue weighted by Gasteiger charge is -2.16. The van der Waals surface area contributed by atoms with Gasteiger partial charge in [-0.15, -0.1) is 5.10 Å². The van der Waals surface area contributed by atoms with E-state index < -0.39 is 10.2 Å². The predicted molar refractivity (Wildman–Crippen MR) is 142 cm³/mol. The van der Waals surface area contributed by atoms with Crippen molar-refractivity contribution in [1.82, 2.24) is 0 Å². The van der Waals surface area contributed by atoms with Gasteiger partial charge in [0, 0.05) is 34.3 Å². The van der Waals surface area contributed by atoms with Crippen molar-refractivity contribution in [1.29, 1.82) is 0 Å². The summed E-state index contributed by atoms with van der Waals surface area (Å²) in [4.78, 5) is 37.7. The second-order valence-electron chi connectivity index (χ2n) is 7.53. The van der Waals surface area contributed by atoms with Crippen LogP contribution in [0.5, 0.6) is 5.75 Å². The number of non-ortho nitro benzene ring substituents is 1.